The van der Waals surface area contributed by atoms with E-state index in [0.717, 1.165) is 12.8 Å². The van der Waals surface area contributed by atoms with Crippen molar-refractivity contribution < 1.29 is 18.0 Å². The van der Waals surface area contributed by atoms with Gasteiger partial charge in [-0.2, -0.15) is 13.2 Å². The number of carbonyl (C=O) groups excluding carboxylic acids is 1. The van der Waals surface area contributed by atoms with E-state index in [1.807, 2.05) is 0 Å². The molecule has 22 heavy (non-hydrogen) atoms. The number of carbonyl (C=O) groups is 1. The van der Waals surface area contributed by atoms with E-state index >= 15 is 0 Å². The average Bonchev–Trinajstić information content (AvgIpc) is 2.83. The number of hydrogen-bond acceptors (Lipinski definition) is 2. The number of likely N-dealkylation sites (tertiary alicyclic amines) is 2. The minimum atomic E-state index is -4.27. The van der Waals surface area contributed by atoms with Crippen LogP contribution in [-0.2, 0) is 4.79 Å². The Morgan fingerprint density at radius 2 is 2.00 bits per heavy atom. The van der Waals surface area contributed by atoms with Gasteiger partial charge in [-0.05, 0) is 44.6 Å². The minimum Gasteiger partial charge on any atom is -0.341 e. The Labute approximate surface area is 130 Å². The molecule has 0 aromatic carbocycles. The largest absolute Gasteiger partial charge is 0.406 e. The highest BCUT2D eigenvalue weighted by atomic mass is 19.4. The molecule has 2 saturated heterocycles. The van der Waals surface area contributed by atoms with Crippen molar-refractivity contribution in [2.75, 3.05) is 26.2 Å². The first-order chi connectivity index (χ1) is 10.3. The van der Waals surface area contributed by atoms with Gasteiger partial charge in [-0.25, -0.2) is 0 Å². The van der Waals surface area contributed by atoms with Gasteiger partial charge in [-0.1, -0.05) is 20.3 Å². The molecule has 2 aliphatic rings. The van der Waals surface area contributed by atoms with Gasteiger partial charge in [0, 0.05) is 13.1 Å². The molecule has 0 saturated carbocycles. The summed E-state index contributed by atoms with van der Waals surface area (Å²) in [5, 5.41) is 0. The van der Waals surface area contributed by atoms with Gasteiger partial charge in [0.15, 0.2) is 0 Å². The number of rotatable bonds is 4. The summed E-state index contributed by atoms with van der Waals surface area (Å²) in [6.45, 7) is 5.51. The zero-order valence-electron chi connectivity index (χ0n) is 13.6. The van der Waals surface area contributed by atoms with Crippen molar-refractivity contribution in [1.82, 2.24) is 9.80 Å². The first-order valence-electron chi connectivity index (χ1n) is 8.39. The van der Waals surface area contributed by atoms with Crippen LogP contribution in [0, 0.1) is 5.92 Å². The van der Waals surface area contributed by atoms with Crippen LogP contribution in [0.4, 0.5) is 13.2 Å². The normalized spacial score (nSPS) is 30.8. The van der Waals surface area contributed by atoms with Crippen LogP contribution in [0.1, 0.15) is 52.4 Å². The molecule has 2 atom stereocenters. The van der Waals surface area contributed by atoms with E-state index in [-0.39, 0.29) is 25.3 Å². The van der Waals surface area contributed by atoms with Crippen molar-refractivity contribution in [3.05, 3.63) is 0 Å². The van der Waals surface area contributed by atoms with Gasteiger partial charge in [0.2, 0.25) is 5.91 Å². The molecule has 2 rings (SSSR count). The van der Waals surface area contributed by atoms with Crippen molar-refractivity contribution >= 4 is 5.91 Å². The van der Waals surface area contributed by atoms with Crippen LogP contribution in [0.25, 0.3) is 0 Å². The molecule has 2 unspecified atom stereocenters. The lowest BCUT2D eigenvalue weighted by molar-refractivity contribution is -0.226. The highest BCUT2D eigenvalue weighted by Crippen LogP contribution is 2.46. The van der Waals surface area contributed by atoms with E-state index in [4.69, 9.17) is 0 Å². The summed E-state index contributed by atoms with van der Waals surface area (Å²) >= 11 is 0. The van der Waals surface area contributed by atoms with Crippen LogP contribution in [0.5, 0.6) is 0 Å². The number of alkyl halides is 3. The fourth-order valence-electron chi connectivity index (χ4n) is 4.00. The van der Waals surface area contributed by atoms with E-state index < -0.39 is 11.7 Å². The van der Waals surface area contributed by atoms with Crippen molar-refractivity contribution in [3.63, 3.8) is 0 Å². The predicted molar refractivity (Wildman–Crippen MR) is 79.5 cm³/mol. The molecule has 6 heteroatoms. The van der Waals surface area contributed by atoms with Gasteiger partial charge in [0.25, 0.3) is 0 Å². The summed E-state index contributed by atoms with van der Waals surface area (Å²) in [4.78, 5) is 15.6. The zero-order chi connectivity index (χ0) is 16.4. The maximum atomic E-state index is 13.6. The third kappa shape index (κ3) is 3.42. The molecule has 3 nitrogen and oxygen atoms in total. The first-order valence-corrected chi connectivity index (χ1v) is 8.39. The highest BCUT2D eigenvalue weighted by Gasteiger charge is 2.59. The lowest BCUT2D eigenvalue weighted by Crippen LogP contribution is -2.58. The summed E-state index contributed by atoms with van der Waals surface area (Å²) in [6.07, 6.45) is -1.03. The van der Waals surface area contributed by atoms with Gasteiger partial charge in [-0.3, -0.25) is 9.69 Å². The van der Waals surface area contributed by atoms with Crippen LogP contribution in [0.15, 0.2) is 0 Å². The van der Waals surface area contributed by atoms with Gasteiger partial charge < -0.3 is 4.90 Å². The summed E-state index contributed by atoms with van der Waals surface area (Å²) in [6, 6.07) is 0. The fourth-order valence-corrected chi connectivity index (χ4v) is 4.00. The topological polar surface area (TPSA) is 23.6 Å². The van der Waals surface area contributed by atoms with Gasteiger partial charge >= 0.3 is 6.18 Å². The lowest BCUT2D eigenvalue weighted by Gasteiger charge is -2.41. The molecule has 2 heterocycles. The van der Waals surface area contributed by atoms with Crippen molar-refractivity contribution in [2.24, 2.45) is 5.92 Å². The third-order valence-corrected chi connectivity index (χ3v) is 5.15. The molecule has 2 fully saturated rings. The Balaban J connectivity index is 2.08. The lowest BCUT2D eigenvalue weighted by atomic mass is 9.89. The number of amides is 1. The van der Waals surface area contributed by atoms with E-state index in [9.17, 15) is 18.0 Å². The smallest absolute Gasteiger partial charge is 0.341 e. The fraction of sp³-hybridized carbons (Fsp3) is 0.938. The SMILES string of the molecule is CCCC1(C(F)(F)F)CCCN1CC(=O)N1CCCC(C)C1. The average molecular weight is 320 g/mol. The molecule has 0 N–H and O–H groups in total. The predicted octanol–water partition coefficient (Wildman–Crippen LogP) is 3.44. The quantitative estimate of drug-likeness (QED) is 0.792. The summed E-state index contributed by atoms with van der Waals surface area (Å²) < 4.78 is 40.9. The monoisotopic (exact) mass is 320 g/mol. The standard InChI is InChI=1S/C16H27F3N2O/c1-3-7-15(16(17,18)19)8-5-10-21(15)12-14(22)20-9-4-6-13(2)11-20/h13H,3-12H2,1-2H3. The van der Waals surface area contributed by atoms with Gasteiger partial charge in [0.05, 0.1) is 6.54 Å². The van der Waals surface area contributed by atoms with Gasteiger partial charge in [0.1, 0.15) is 5.54 Å². The van der Waals surface area contributed by atoms with Crippen LogP contribution in [-0.4, -0.2) is 53.6 Å². The molecular weight excluding hydrogens is 293 g/mol. The highest BCUT2D eigenvalue weighted by molar-refractivity contribution is 5.78. The Kier molecular flexibility index (Phi) is 5.41. The second kappa shape index (κ2) is 6.77. The molecule has 1 amide bonds. The summed E-state index contributed by atoms with van der Waals surface area (Å²) in [5.74, 6) is 0.303. The van der Waals surface area contributed by atoms with Crippen molar-refractivity contribution in [3.8, 4) is 0 Å². The minimum absolute atomic E-state index is 0.0835. The van der Waals surface area contributed by atoms with Crippen LogP contribution >= 0.6 is 0 Å². The number of nitrogens with zero attached hydrogens (tertiary/aromatic N) is 2. The molecular formula is C16H27F3N2O. The molecule has 0 radical (unpaired) electrons. The molecule has 0 spiro atoms. The number of halogens is 3. The maximum absolute atomic E-state index is 13.6. The molecule has 128 valence electrons. The first kappa shape index (κ1) is 17.6. The molecule has 0 aromatic heterocycles. The molecule has 0 bridgehead atoms. The molecule has 0 aromatic rings. The van der Waals surface area contributed by atoms with Crippen LogP contribution < -0.4 is 0 Å². The Hall–Kier alpha value is -0.780. The van der Waals surface area contributed by atoms with Crippen molar-refractivity contribution in [1.29, 1.82) is 0 Å². The number of piperidine rings is 1. The van der Waals surface area contributed by atoms with Crippen LogP contribution in [0.2, 0.25) is 0 Å². The molecule has 0 aliphatic carbocycles. The van der Waals surface area contributed by atoms with E-state index in [1.54, 1.807) is 11.8 Å². The Bertz CT molecular complexity index is 399. The summed E-state index contributed by atoms with van der Waals surface area (Å²) in [7, 11) is 0. The molecule has 2 aliphatic heterocycles. The van der Waals surface area contributed by atoms with Crippen LogP contribution in [0.3, 0.4) is 0 Å². The maximum Gasteiger partial charge on any atom is 0.406 e. The summed E-state index contributed by atoms with van der Waals surface area (Å²) in [5.41, 5.74) is -1.79. The van der Waals surface area contributed by atoms with Crippen molar-refractivity contribution in [2.45, 2.75) is 64.1 Å². The third-order valence-electron chi connectivity index (χ3n) is 5.15. The van der Waals surface area contributed by atoms with E-state index in [0.29, 0.717) is 38.4 Å². The Morgan fingerprint density at radius 3 is 2.59 bits per heavy atom. The van der Waals surface area contributed by atoms with E-state index in [1.165, 1.54) is 4.90 Å². The van der Waals surface area contributed by atoms with E-state index in [2.05, 4.69) is 6.92 Å². The Morgan fingerprint density at radius 1 is 1.27 bits per heavy atom. The second-order valence-corrected chi connectivity index (χ2v) is 6.89. The number of hydrogen-bond donors (Lipinski definition) is 0. The van der Waals surface area contributed by atoms with Gasteiger partial charge in [-0.15, -0.1) is 0 Å². The zero-order valence-corrected chi connectivity index (χ0v) is 13.6. The second-order valence-electron chi connectivity index (χ2n) is 6.89.